The van der Waals surface area contributed by atoms with Crippen molar-refractivity contribution in [2.45, 2.75) is 33.4 Å². The van der Waals surface area contributed by atoms with Crippen LogP contribution in [0.4, 0.5) is 0 Å². The minimum atomic E-state index is -0.844. The second-order valence-electron chi connectivity index (χ2n) is 9.85. The van der Waals surface area contributed by atoms with Crippen molar-refractivity contribution in [3.8, 4) is 11.5 Å². The highest BCUT2D eigenvalue weighted by Gasteiger charge is 2.34. The van der Waals surface area contributed by atoms with E-state index >= 15 is 0 Å². The predicted octanol–water partition coefficient (Wildman–Crippen LogP) is 3.89. The van der Waals surface area contributed by atoms with Crippen molar-refractivity contribution in [3.63, 3.8) is 0 Å². The van der Waals surface area contributed by atoms with Crippen molar-refractivity contribution in [2.75, 3.05) is 26.9 Å². The van der Waals surface area contributed by atoms with Crippen LogP contribution in [0.25, 0.3) is 17.0 Å². The SMILES string of the molecule is C=CCn1cc(/C=c2/sc3n(c2=O)[C@@H](c2ccc(OCC(=O)OC)c(OCC)c2)C(C(=O)OCC)=C(C)N=3)c2ccccc21. The first-order valence-corrected chi connectivity index (χ1v) is 15.0. The number of benzene rings is 2. The third kappa shape index (κ3) is 5.83. The van der Waals surface area contributed by atoms with Crippen LogP contribution in [0, 0.1) is 0 Å². The van der Waals surface area contributed by atoms with Gasteiger partial charge in [-0.25, -0.2) is 14.6 Å². The van der Waals surface area contributed by atoms with Gasteiger partial charge in [0.05, 0.1) is 42.2 Å². The molecule has 10 nitrogen and oxygen atoms in total. The molecule has 0 spiro atoms. The number of aromatic nitrogens is 2. The summed E-state index contributed by atoms with van der Waals surface area (Å²) in [5.41, 5.74) is 2.91. The van der Waals surface area contributed by atoms with Crippen molar-refractivity contribution >= 4 is 40.3 Å². The fraction of sp³-hybridized carbons (Fsp3) is 0.273. The van der Waals surface area contributed by atoms with E-state index in [1.54, 1.807) is 32.0 Å². The summed E-state index contributed by atoms with van der Waals surface area (Å²) >= 11 is 1.25. The van der Waals surface area contributed by atoms with E-state index in [1.807, 2.05) is 49.5 Å². The second-order valence-corrected chi connectivity index (χ2v) is 10.9. The molecule has 0 unspecified atom stereocenters. The molecule has 11 heteroatoms. The molecule has 0 N–H and O–H groups in total. The number of hydrogen-bond donors (Lipinski definition) is 0. The molecule has 3 heterocycles. The lowest BCUT2D eigenvalue weighted by molar-refractivity contribution is -0.143. The van der Waals surface area contributed by atoms with Gasteiger partial charge in [0, 0.05) is 29.2 Å². The molecule has 1 aliphatic rings. The molecule has 0 saturated heterocycles. The van der Waals surface area contributed by atoms with Crippen LogP contribution in [0.15, 0.2) is 82.4 Å². The second kappa shape index (κ2) is 13.2. The molecule has 5 rings (SSSR count). The molecule has 0 amide bonds. The molecule has 0 saturated carbocycles. The van der Waals surface area contributed by atoms with Crippen molar-refractivity contribution in [1.29, 1.82) is 0 Å². The van der Waals surface area contributed by atoms with E-state index in [9.17, 15) is 14.4 Å². The molecule has 1 atom stereocenters. The highest BCUT2D eigenvalue weighted by molar-refractivity contribution is 7.07. The molecule has 0 bridgehead atoms. The van der Waals surface area contributed by atoms with E-state index in [1.165, 1.54) is 23.0 Å². The van der Waals surface area contributed by atoms with Crippen molar-refractivity contribution in [3.05, 3.63) is 103 Å². The first kappa shape index (κ1) is 30.6. The number of hydrogen-bond acceptors (Lipinski definition) is 9. The third-order valence-electron chi connectivity index (χ3n) is 7.11. The summed E-state index contributed by atoms with van der Waals surface area (Å²) in [4.78, 5) is 44.3. The van der Waals surface area contributed by atoms with Gasteiger partial charge in [-0.05, 0) is 50.6 Å². The zero-order valence-corrected chi connectivity index (χ0v) is 25.8. The van der Waals surface area contributed by atoms with E-state index in [0.29, 0.717) is 45.2 Å². The fourth-order valence-electron chi connectivity index (χ4n) is 5.21. The molecular formula is C33H33N3O7S. The minimum absolute atomic E-state index is 0.159. The molecular weight excluding hydrogens is 582 g/mol. The van der Waals surface area contributed by atoms with Gasteiger partial charge in [-0.3, -0.25) is 9.36 Å². The van der Waals surface area contributed by atoms with Gasteiger partial charge in [0.2, 0.25) is 0 Å². The molecule has 4 aromatic rings. The van der Waals surface area contributed by atoms with Crippen molar-refractivity contribution < 1.29 is 28.5 Å². The molecule has 0 fully saturated rings. The number of thiazole rings is 1. The summed E-state index contributed by atoms with van der Waals surface area (Å²) in [6, 6.07) is 12.2. The smallest absolute Gasteiger partial charge is 0.343 e. The molecule has 0 aliphatic carbocycles. The Kier molecular flexibility index (Phi) is 9.15. The number of rotatable bonds is 11. The Morgan fingerprint density at radius 1 is 1.09 bits per heavy atom. The van der Waals surface area contributed by atoms with Crippen LogP contribution in [-0.4, -0.2) is 48.0 Å². The van der Waals surface area contributed by atoms with E-state index < -0.39 is 18.0 Å². The molecule has 2 aromatic carbocycles. The van der Waals surface area contributed by atoms with Gasteiger partial charge in [0.25, 0.3) is 5.56 Å². The Morgan fingerprint density at radius 3 is 2.61 bits per heavy atom. The average Bonchev–Trinajstić information content (AvgIpc) is 3.52. The maximum atomic E-state index is 14.2. The summed E-state index contributed by atoms with van der Waals surface area (Å²) in [5, 5.41) is 1.00. The number of esters is 2. The summed E-state index contributed by atoms with van der Waals surface area (Å²) < 4.78 is 25.6. The van der Waals surface area contributed by atoms with Crippen LogP contribution >= 0.6 is 11.3 Å². The van der Waals surface area contributed by atoms with E-state index in [4.69, 9.17) is 14.2 Å². The summed E-state index contributed by atoms with van der Waals surface area (Å²) in [6.45, 7) is 9.94. The highest BCUT2D eigenvalue weighted by Crippen LogP contribution is 2.36. The maximum Gasteiger partial charge on any atom is 0.343 e. The Bertz CT molecular complexity index is 1960. The van der Waals surface area contributed by atoms with E-state index in [2.05, 4.69) is 20.9 Å². The summed E-state index contributed by atoms with van der Waals surface area (Å²) in [7, 11) is 1.28. The Hall–Kier alpha value is -4.90. The Labute approximate surface area is 257 Å². The monoisotopic (exact) mass is 615 g/mol. The lowest BCUT2D eigenvalue weighted by Crippen LogP contribution is -2.40. The first-order chi connectivity index (χ1) is 21.3. The molecule has 0 radical (unpaired) electrons. The van der Waals surface area contributed by atoms with Crippen LogP contribution in [0.3, 0.4) is 0 Å². The van der Waals surface area contributed by atoms with Crippen LogP contribution in [0.1, 0.15) is 37.9 Å². The Morgan fingerprint density at radius 2 is 1.89 bits per heavy atom. The number of carbonyl (C=O) groups is 2. The maximum absolute atomic E-state index is 14.2. The molecule has 228 valence electrons. The van der Waals surface area contributed by atoms with Crippen LogP contribution < -0.4 is 24.4 Å². The minimum Gasteiger partial charge on any atom is -0.490 e. The largest absolute Gasteiger partial charge is 0.490 e. The molecule has 1 aliphatic heterocycles. The number of fused-ring (bicyclic) bond motifs is 2. The van der Waals surface area contributed by atoms with Crippen LogP contribution in [0.5, 0.6) is 11.5 Å². The fourth-order valence-corrected chi connectivity index (χ4v) is 6.24. The summed E-state index contributed by atoms with van der Waals surface area (Å²) in [5.74, 6) is -0.435. The zero-order chi connectivity index (χ0) is 31.4. The highest BCUT2D eigenvalue weighted by atomic mass is 32.1. The lowest BCUT2D eigenvalue weighted by atomic mass is 9.95. The third-order valence-corrected chi connectivity index (χ3v) is 8.09. The Balaban J connectivity index is 1.69. The first-order valence-electron chi connectivity index (χ1n) is 14.2. The van der Waals surface area contributed by atoms with Crippen molar-refractivity contribution in [1.82, 2.24) is 9.13 Å². The summed E-state index contributed by atoms with van der Waals surface area (Å²) in [6.07, 6.45) is 5.69. The molecule has 2 aromatic heterocycles. The number of carbonyl (C=O) groups excluding carboxylic acids is 2. The van der Waals surface area contributed by atoms with Gasteiger partial charge in [0.15, 0.2) is 22.9 Å². The van der Waals surface area contributed by atoms with Crippen LogP contribution in [0.2, 0.25) is 0 Å². The zero-order valence-electron chi connectivity index (χ0n) is 25.0. The van der Waals surface area contributed by atoms with Gasteiger partial charge in [-0.1, -0.05) is 41.7 Å². The number of methoxy groups -OCH3 is 1. The predicted molar refractivity (Wildman–Crippen MR) is 168 cm³/mol. The standard InChI is InChI=1S/C33H33N3O7S/c1-6-15-35-18-22(23-11-9-10-12-24(23)35)17-27-31(38)36-30(29(32(39)42-8-3)20(4)34-33(36)44-27)21-13-14-25(26(16-21)41-7-2)43-19-28(37)40-5/h6,9-14,16-18,30H,1,7-8,15,19H2,2-5H3/b27-17+/t30-/m0/s1. The van der Waals surface area contributed by atoms with Gasteiger partial charge in [0.1, 0.15) is 0 Å². The van der Waals surface area contributed by atoms with E-state index in [0.717, 1.165) is 16.5 Å². The number of nitrogens with zero attached hydrogens (tertiary/aromatic N) is 3. The lowest BCUT2D eigenvalue weighted by Gasteiger charge is -2.25. The normalized spacial score (nSPS) is 14.6. The van der Waals surface area contributed by atoms with Crippen molar-refractivity contribution in [2.24, 2.45) is 4.99 Å². The number of allylic oxidation sites excluding steroid dienone is 2. The average molecular weight is 616 g/mol. The van der Waals surface area contributed by atoms with Gasteiger partial charge < -0.3 is 23.5 Å². The van der Waals surface area contributed by atoms with Crippen LogP contribution in [-0.2, 0) is 25.6 Å². The topological polar surface area (TPSA) is 110 Å². The quantitative estimate of drug-likeness (QED) is 0.186. The number of para-hydroxylation sites is 1. The van der Waals surface area contributed by atoms with Gasteiger partial charge in [-0.2, -0.15) is 0 Å². The number of ether oxygens (including phenoxy) is 4. The van der Waals surface area contributed by atoms with Gasteiger partial charge >= 0.3 is 11.9 Å². The molecule has 44 heavy (non-hydrogen) atoms. The van der Waals surface area contributed by atoms with E-state index in [-0.39, 0.29) is 24.3 Å². The van der Waals surface area contributed by atoms with Gasteiger partial charge in [-0.15, -0.1) is 6.58 Å².